The second-order valence-corrected chi connectivity index (χ2v) is 6.84. The molecule has 0 unspecified atom stereocenters. The van der Waals surface area contributed by atoms with E-state index in [4.69, 9.17) is 0 Å². The molecule has 0 radical (unpaired) electrons. The lowest BCUT2D eigenvalue weighted by Crippen LogP contribution is -2.32. The smallest absolute Gasteiger partial charge is 0.123 e. The number of aldehydes is 1. The Morgan fingerprint density at radius 1 is 1.38 bits per heavy atom. The molecular formula is C15H22O. The Hall–Kier alpha value is -0.590. The van der Waals surface area contributed by atoms with Gasteiger partial charge in [0.25, 0.3) is 0 Å². The topological polar surface area (TPSA) is 17.1 Å². The van der Waals surface area contributed by atoms with Crippen LogP contribution in [0, 0.1) is 28.6 Å². The third kappa shape index (κ3) is 1.00. The molecule has 0 aliphatic heterocycles. The molecule has 0 amide bonds. The molecule has 0 N–H and O–H groups in total. The van der Waals surface area contributed by atoms with E-state index in [9.17, 15) is 4.79 Å². The highest BCUT2D eigenvalue weighted by Gasteiger charge is 2.64. The molecule has 0 aromatic rings. The fourth-order valence-corrected chi connectivity index (χ4v) is 5.29. The maximum atomic E-state index is 11.3. The van der Waals surface area contributed by atoms with E-state index in [1.165, 1.54) is 19.1 Å². The first kappa shape index (κ1) is 10.6. The van der Waals surface area contributed by atoms with Crippen LogP contribution < -0.4 is 0 Å². The van der Waals surface area contributed by atoms with Crippen molar-refractivity contribution in [1.29, 1.82) is 0 Å². The van der Waals surface area contributed by atoms with Crippen molar-refractivity contribution in [3.63, 3.8) is 0 Å². The van der Waals surface area contributed by atoms with Crippen molar-refractivity contribution in [3.05, 3.63) is 11.6 Å². The Morgan fingerprint density at radius 2 is 2.12 bits per heavy atom. The van der Waals surface area contributed by atoms with Crippen LogP contribution in [0.5, 0.6) is 0 Å². The summed E-state index contributed by atoms with van der Waals surface area (Å²) in [5.41, 5.74) is 2.33. The standard InChI is InChI=1S/C15H22O/c1-10-6-7-15-8-12(10)14(2,3)13(15)5-4-11(15)9-16/h6,9,11-13H,4-5,7-8H2,1-3H3/t11-,12+,13-,15+/m0/s1. The maximum absolute atomic E-state index is 11.3. The van der Waals surface area contributed by atoms with Gasteiger partial charge in [-0.05, 0) is 55.3 Å². The van der Waals surface area contributed by atoms with Crippen LogP contribution in [0.1, 0.15) is 46.5 Å². The molecule has 0 aromatic carbocycles. The molecule has 1 heteroatoms. The Labute approximate surface area is 98.3 Å². The average molecular weight is 218 g/mol. The van der Waals surface area contributed by atoms with Crippen LogP contribution in [0.4, 0.5) is 0 Å². The van der Waals surface area contributed by atoms with Crippen LogP contribution in [0.3, 0.4) is 0 Å². The van der Waals surface area contributed by atoms with Crippen molar-refractivity contribution in [2.24, 2.45) is 28.6 Å². The highest BCUT2D eigenvalue weighted by atomic mass is 16.1. The average Bonchev–Trinajstić information content (AvgIpc) is 2.68. The first-order valence-electron chi connectivity index (χ1n) is 6.64. The van der Waals surface area contributed by atoms with Crippen molar-refractivity contribution in [1.82, 2.24) is 0 Å². The summed E-state index contributed by atoms with van der Waals surface area (Å²) in [5, 5.41) is 0. The van der Waals surface area contributed by atoms with Crippen molar-refractivity contribution >= 4 is 6.29 Å². The highest BCUT2D eigenvalue weighted by Crippen LogP contribution is 2.70. The Balaban J connectivity index is 2.10. The zero-order valence-corrected chi connectivity index (χ0v) is 10.6. The summed E-state index contributed by atoms with van der Waals surface area (Å²) in [6.45, 7) is 7.15. The van der Waals surface area contributed by atoms with Crippen LogP contribution in [0.15, 0.2) is 11.6 Å². The number of carbonyl (C=O) groups is 1. The van der Waals surface area contributed by atoms with Gasteiger partial charge in [-0.2, -0.15) is 0 Å². The van der Waals surface area contributed by atoms with E-state index in [1.54, 1.807) is 5.57 Å². The van der Waals surface area contributed by atoms with Crippen LogP contribution >= 0.6 is 0 Å². The van der Waals surface area contributed by atoms with E-state index in [1.807, 2.05) is 0 Å². The summed E-state index contributed by atoms with van der Waals surface area (Å²) in [6, 6.07) is 0. The maximum Gasteiger partial charge on any atom is 0.123 e. The van der Waals surface area contributed by atoms with Crippen molar-refractivity contribution in [2.45, 2.75) is 46.5 Å². The molecular weight excluding hydrogens is 196 g/mol. The molecule has 16 heavy (non-hydrogen) atoms. The van der Waals surface area contributed by atoms with Gasteiger partial charge in [0.05, 0.1) is 0 Å². The molecule has 2 fully saturated rings. The van der Waals surface area contributed by atoms with Gasteiger partial charge in [-0.1, -0.05) is 25.5 Å². The lowest BCUT2D eigenvalue weighted by Gasteiger charge is -2.36. The predicted molar refractivity (Wildman–Crippen MR) is 65.0 cm³/mol. The van der Waals surface area contributed by atoms with Crippen LogP contribution in [-0.2, 0) is 4.79 Å². The van der Waals surface area contributed by atoms with E-state index < -0.39 is 0 Å². The van der Waals surface area contributed by atoms with Crippen LogP contribution in [-0.4, -0.2) is 6.29 Å². The molecule has 0 saturated heterocycles. The lowest BCUT2D eigenvalue weighted by molar-refractivity contribution is -0.114. The monoisotopic (exact) mass is 218 g/mol. The Kier molecular flexibility index (Phi) is 1.98. The summed E-state index contributed by atoms with van der Waals surface area (Å²) in [6.07, 6.45) is 8.53. The van der Waals surface area contributed by atoms with E-state index >= 15 is 0 Å². The highest BCUT2D eigenvalue weighted by molar-refractivity contribution is 5.57. The van der Waals surface area contributed by atoms with Gasteiger partial charge in [-0.25, -0.2) is 0 Å². The molecule has 3 aliphatic carbocycles. The van der Waals surface area contributed by atoms with E-state index in [0.717, 1.165) is 24.7 Å². The minimum Gasteiger partial charge on any atom is -0.303 e. The van der Waals surface area contributed by atoms with Gasteiger partial charge in [0.15, 0.2) is 0 Å². The molecule has 2 saturated carbocycles. The summed E-state index contributed by atoms with van der Waals surface area (Å²) < 4.78 is 0. The molecule has 0 heterocycles. The number of hydrogen-bond acceptors (Lipinski definition) is 1. The minimum absolute atomic E-state index is 0.339. The van der Waals surface area contributed by atoms with Crippen LogP contribution in [0.2, 0.25) is 0 Å². The molecule has 4 atom stereocenters. The largest absolute Gasteiger partial charge is 0.303 e. The van der Waals surface area contributed by atoms with Gasteiger partial charge in [-0.15, -0.1) is 0 Å². The predicted octanol–water partition coefficient (Wildman–Crippen LogP) is 3.59. The molecule has 3 rings (SSSR count). The third-order valence-corrected chi connectivity index (χ3v) is 6.10. The second-order valence-electron chi connectivity index (χ2n) is 6.84. The van der Waals surface area contributed by atoms with E-state index in [2.05, 4.69) is 26.8 Å². The lowest BCUT2D eigenvalue weighted by atomic mass is 9.68. The van der Waals surface area contributed by atoms with Gasteiger partial charge in [0.1, 0.15) is 6.29 Å². The van der Waals surface area contributed by atoms with Gasteiger partial charge in [0, 0.05) is 5.92 Å². The second kappa shape index (κ2) is 3.00. The summed E-state index contributed by atoms with van der Waals surface area (Å²) in [7, 11) is 0. The number of fused-ring (bicyclic) bond motifs is 1. The van der Waals surface area contributed by atoms with Gasteiger partial charge < -0.3 is 4.79 Å². The molecule has 2 bridgehead atoms. The Morgan fingerprint density at radius 3 is 2.81 bits per heavy atom. The zero-order chi connectivity index (χ0) is 11.6. The first-order valence-corrected chi connectivity index (χ1v) is 6.64. The first-order chi connectivity index (χ1) is 7.52. The van der Waals surface area contributed by atoms with Gasteiger partial charge in [0.2, 0.25) is 0 Å². The summed E-state index contributed by atoms with van der Waals surface area (Å²) >= 11 is 0. The fourth-order valence-electron chi connectivity index (χ4n) is 5.29. The summed E-state index contributed by atoms with van der Waals surface area (Å²) in [5.74, 6) is 1.84. The van der Waals surface area contributed by atoms with Crippen LogP contribution in [0.25, 0.3) is 0 Å². The number of hydrogen-bond donors (Lipinski definition) is 0. The fraction of sp³-hybridized carbons (Fsp3) is 0.800. The number of allylic oxidation sites excluding steroid dienone is 2. The number of carbonyl (C=O) groups excluding carboxylic acids is 1. The molecule has 88 valence electrons. The summed E-state index contributed by atoms with van der Waals surface area (Å²) in [4.78, 5) is 11.3. The zero-order valence-electron chi connectivity index (χ0n) is 10.6. The molecule has 0 aromatic heterocycles. The van der Waals surface area contributed by atoms with E-state index in [0.29, 0.717) is 16.7 Å². The van der Waals surface area contributed by atoms with Crippen molar-refractivity contribution in [2.75, 3.05) is 0 Å². The quantitative estimate of drug-likeness (QED) is 0.485. The van der Waals surface area contributed by atoms with Crippen molar-refractivity contribution in [3.8, 4) is 0 Å². The van der Waals surface area contributed by atoms with E-state index in [-0.39, 0.29) is 0 Å². The molecule has 1 nitrogen and oxygen atoms in total. The van der Waals surface area contributed by atoms with Gasteiger partial charge >= 0.3 is 0 Å². The Bertz CT molecular complexity index is 366. The minimum atomic E-state index is 0.339. The molecule has 3 aliphatic rings. The molecule has 1 spiro atoms. The SMILES string of the molecule is CC1=CC[C@]23C[C@H]1C(C)(C)[C@@H]2CC[C@H]3C=O. The number of rotatable bonds is 1. The normalized spacial score (nSPS) is 48.7. The van der Waals surface area contributed by atoms with Gasteiger partial charge in [-0.3, -0.25) is 0 Å². The third-order valence-electron chi connectivity index (χ3n) is 6.10. The van der Waals surface area contributed by atoms with Crippen molar-refractivity contribution < 1.29 is 4.79 Å².